The fraction of sp³-hybridized carbons (Fsp3) is 0.347. The number of alkyl halides is 6. The Morgan fingerprint density at radius 1 is 0.387 bits per heavy atom. The van der Waals surface area contributed by atoms with Crippen molar-refractivity contribution in [2.24, 2.45) is 0 Å². The van der Waals surface area contributed by atoms with Gasteiger partial charge in [0.15, 0.2) is 5.75 Å². The van der Waals surface area contributed by atoms with E-state index in [0.717, 1.165) is 123 Å². The highest BCUT2D eigenvalue weighted by Gasteiger charge is 2.52. The zero-order chi connectivity index (χ0) is 103. The molecule has 0 atom stereocenters. The highest BCUT2D eigenvalue weighted by molar-refractivity contribution is 7.88. The molecule has 0 radical (unpaired) electrons. The van der Waals surface area contributed by atoms with Crippen LogP contribution in [0, 0.1) is 0 Å². The summed E-state index contributed by atoms with van der Waals surface area (Å²) in [6.45, 7) is 31.9. The Kier molecular flexibility index (Phi) is 49.6. The summed E-state index contributed by atoms with van der Waals surface area (Å²) in [6.07, 6.45) is 5.11. The largest absolute Gasteiger partial charge is 0.534 e. The van der Waals surface area contributed by atoms with Crippen molar-refractivity contribution in [1.29, 1.82) is 0 Å². The Morgan fingerprint density at radius 2 is 0.686 bits per heavy atom. The maximum absolute atomic E-state index is 12.5. The van der Waals surface area contributed by atoms with Crippen LogP contribution >= 0.6 is 0 Å². The SMILES string of the molecule is C1CCOC1.C1CCOC1.C=C(C)B1OC(C)(C)C(C)(C)O1.C=C(C)c1cc(OCc2ccccc2)ccc1C(=O)OC.CO.COC(=O)c1ccc(O)cc1C(C)C.COC(=O)c1ccc(O)cc1O.COC(=O)c1ccc(OCc2ccccc2)cc1O.COC(=O)c1ccc(OCc2ccccc2)cc1OS(=O)(=O)C(F)(F)F.COC(=O)c1ccc(OS(=O)(=O)C(F)(F)F)cc1C(C)C. The van der Waals surface area contributed by atoms with Crippen LogP contribution in [-0.4, -0.2) is 184 Å². The molecule has 0 aromatic heterocycles. The van der Waals surface area contributed by atoms with Crippen LogP contribution in [0.5, 0.6) is 51.7 Å². The molecule has 0 spiro atoms. The van der Waals surface area contributed by atoms with Crippen molar-refractivity contribution in [2.75, 3.05) is 76.2 Å². The Hall–Kier alpha value is -13.2. The number of aliphatic hydroxyl groups excluding tert-OH is 1. The topological polar surface area (TPSA) is 410 Å². The van der Waals surface area contributed by atoms with Crippen molar-refractivity contribution in [1.82, 2.24) is 0 Å². The molecule has 3 aliphatic rings. The Balaban J connectivity index is 0.000000407. The summed E-state index contributed by atoms with van der Waals surface area (Å²) < 4.78 is 192. The molecule has 0 amide bonds. The first-order valence-electron chi connectivity index (χ1n) is 41.8. The molecule has 12 rings (SSSR count). The second kappa shape index (κ2) is 57.6. The number of methoxy groups -OCH3 is 6. The molecule has 30 nitrogen and oxygen atoms in total. The number of phenols is 4. The summed E-state index contributed by atoms with van der Waals surface area (Å²) in [6, 6.07) is 52.9. The quantitative estimate of drug-likeness (QED) is 0.00991. The molecular formula is C98H117BF6O30S2. The second-order valence-electron chi connectivity index (χ2n) is 30.7. The monoisotopic (exact) mass is 1960 g/mol. The molecule has 746 valence electrons. The van der Waals surface area contributed by atoms with Crippen LogP contribution < -0.4 is 22.6 Å². The summed E-state index contributed by atoms with van der Waals surface area (Å²) in [5.41, 5.74) is -4.38. The lowest BCUT2D eigenvalue weighted by molar-refractivity contribution is -0.0505. The molecular weight excluding hydrogens is 1850 g/mol. The molecule has 9 aromatic rings. The van der Waals surface area contributed by atoms with Gasteiger partial charge in [-0.1, -0.05) is 136 Å². The van der Waals surface area contributed by atoms with Gasteiger partial charge in [0.2, 0.25) is 0 Å². The number of halogens is 6. The van der Waals surface area contributed by atoms with E-state index in [1.54, 1.807) is 74.5 Å². The molecule has 5 N–H and O–H groups in total. The van der Waals surface area contributed by atoms with Crippen LogP contribution in [0.1, 0.15) is 202 Å². The van der Waals surface area contributed by atoms with Gasteiger partial charge in [-0.3, -0.25) is 0 Å². The summed E-state index contributed by atoms with van der Waals surface area (Å²) in [5, 5.41) is 44.0. The number of benzene rings is 9. The first-order chi connectivity index (χ1) is 64.4. The molecule has 3 aliphatic heterocycles. The van der Waals surface area contributed by atoms with Crippen molar-refractivity contribution in [2.45, 2.75) is 149 Å². The number of carbonyl (C=O) groups excluding carboxylic acids is 6. The Morgan fingerprint density at radius 3 is 1.02 bits per heavy atom. The lowest BCUT2D eigenvalue weighted by Crippen LogP contribution is -2.41. The lowest BCUT2D eigenvalue weighted by atomic mass is 9.81. The molecule has 0 saturated carbocycles. The first kappa shape index (κ1) is 118. The molecule has 0 aliphatic carbocycles. The van der Waals surface area contributed by atoms with E-state index in [0.29, 0.717) is 41.4 Å². The van der Waals surface area contributed by atoms with Crippen LogP contribution in [-0.2, 0) is 87.3 Å². The highest BCUT2D eigenvalue weighted by atomic mass is 32.2. The number of rotatable bonds is 23. The molecule has 0 bridgehead atoms. The fourth-order valence-corrected chi connectivity index (χ4v) is 12.1. The minimum atomic E-state index is -5.96. The van der Waals surface area contributed by atoms with E-state index < -0.39 is 72.2 Å². The van der Waals surface area contributed by atoms with Crippen LogP contribution in [0.15, 0.2) is 219 Å². The van der Waals surface area contributed by atoms with Crippen LogP contribution in [0.25, 0.3) is 5.57 Å². The summed E-state index contributed by atoms with van der Waals surface area (Å²) in [5.74, 6) is -4.31. The van der Waals surface area contributed by atoms with E-state index in [1.165, 1.54) is 90.5 Å². The molecule has 3 fully saturated rings. The number of aromatic hydroxyl groups is 4. The van der Waals surface area contributed by atoms with Gasteiger partial charge in [-0.15, -0.1) is 6.58 Å². The molecule has 39 heteroatoms. The zero-order valence-corrected chi connectivity index (χ0v) is 80.6. The summed E-state index contributed by atoms with van der Waals surface area (Å²) in [7, 11) is -3.61. The van der Waals surface area contributed by atoms with Gasteiger partial charge in [0.25, 0.3) is 0 Å². The minimum Gasteiger partial charge on any atom is -0.508 e. The molecule has 0 unspecified atom stereocenters. The van der Waals surface area contributed by atoms with Gasteiger partial charge in [-0.25, -0.2) is 28.8 Å². The van der Waals surface area contributed by atoms with E-state index in [9.17, 15) is 82.2 Å². The molecule has 3 saturated heterocycles. The third kappa shape index (κ3) is 39.6. The first-order valence-corrected chi connectivity index (χ1v) is 44.6. The smallest absolute Gasteiger partial charge is 0.508 e. The number of ether oxygens (including phenoxy) is 11. The zero-order valence-electron chi connectivity index (χ0n) is 79.0. The van der Waals surface area contributed by atoms with Crippen LogP contribution in [0.3, 0.4) is 0 Å². The van der Waals surface area contributed by atoms with Gasteiger partial charge in [0, 0.05) is 51.7 Å². The van der Waals surface area contributed by atoms with Crippen molar-refractivity contribution in [3.63, 3.8) is 0 Å². The van der Waals surface area contributed by atoms with Gasteiger partial charge in [0.05, 0.1) is 70.6 Å². The number of hydrogen-bond acceptors (Lipinski definition) is 30. The van der Waals surface area contributed by atoms with E-state index >= 15 is 0 Å². The Labute approximate surface area is 794 Å². The third-order valence-corrected chi connectivity index (χ3v) is 21.1. The number of aliphatic hydroxyl groups is 1. The van der Waals surface area contributed by atoms with Gasteiger partial charge in [-0.2, -0.15) is 43.2 Å². The maximum Gasteiger partial charge on any atom is 0.534 e. The standard InChI is InChI=1S/C18H18O3.C16H13F3O6S.C15H14O4.C12H13F3O5S.C11H14O3.C9H17BO2.C8H8O4.2C4H8O.CH4O/c1-13(2)17-11-15(9-10-16(17)18(19)20-3)21-12-14-7-5-4-6-8-14;1-23-15(20)13-8-7-12(24-10-11-5-3-2-4-6-11)9-14(13)25-26(21,22)16(17,18)19;1-18-15(17)13-8-7-12(9-14(13)16)19-10-11-5-3-2-4-6-11;1-7(2)10-6-8(4-5-9(10)11(16)19-3)20-21(17,18)12(13,14)15;1-7(2)10-6-8(12)4-5-9(10)11(13)14-3;1-7(2)10-11-8(3,4)9(5,6)12-10;1-12-8(11)6-3-2-5(9)4-7(6)10;2*1-2-4-5-3-1;1-2/h4-11H,1,12H2,2-3H3;2-9H,10H2,1H3;2-9,16H,10H2,1H3;4-7H,1-3H3;4-7,12H,1-3H3;1H2,2-6H3;2-4,9-10H,1H3;2*1-4H2;2H,1H3. The second-order valence-corrected chi connectivity index (χ2v) is 33.7. The summed E-state index contributed by atoms with van der Waals surface area (Å²) >= 11 is 0. The van der Waals surface area contributed by atoms with E-state index in [4.69, 9.17) is 53.0 Å². The average molecular weight is 1960 g/mol. The normalized spacial score (nSPS) is 13.0. The number of allylic oxidation sites excluding steroid dienone is 2. The average Bonchev–Trinajstić information content (AvgIpc) is 1.62. The van der Waals surface area contributed by atoms with Crippen molar-refractivity contribution < 1.29 is 167 Å². The fourth-order valence-electron chi connectivity index (χ4n) is 11.2. The van der Waals surface area contributed by atoms with Crippen molar-refractivity contribution in [3.05, 3.63) is 286 Å². The van der Waals surface area contributed by atoms with Gasteiger partial charge in [-0.05, 0) is 203 Å². The number of esters is 6. The third-order valence-electron chi connectivity index (χ3n) is 19.1. The van der Waals surface area contributed by atoms with E-state index in [1.807, 2.05) is 122 Å². The summed E-state index contributed by atoms with van der Waals surface area (Å²) in [4.78, 5) is 68.4. The lowest BCUT2D eigenvalue weighted by Gasteiger charge is -2.32. The predicted molar refractivity (Wildman–Crippen MR) is 499 cm³/mol. The minimum absolute atomic E-state index is 0.00822. The van der Waals surface area contributed by atoms with Gasteiger partial charge >= 0.3 is 74.2 Å². The highest BCUT2D eigenvalue weighted by Crippen LogP contribution is 2.39. The van der Waals surface area contributed by atoms with Crippen LogP contribution in [0.4, 0.5) is 26.3 Å². The molecule has 9 aromatic carbocycles. The van der Waals surface area contributed by atoms with Gasteiger partial charge < -0.3 is 95.3 Å². The molecule has 3 heterocycles. The maximum atomic E-state index is 12.5. The van der Waals surface area contributed by atoms with Crippen molar-refractivity contribution >= 4 is 68.7 Å². The molecule has 137 heavy (non-hydrogen) atoms. The number of carbonyl (C=O) groups is 6. The van der Waals surface area contributed by atoms with Gasteiger partial charge in [0.1, 0.15) is 82.5 Å². The number of phenolic OH excluding ortho intramolecular Hbond substituents is 4. The Bertz CT molecular complexity index is 5560. The van der Waals surface area contributed by atoms with E-state index in [-0.39, 0.29) is 94.1 Å². The predicted octanol–water partition coefficient (Wildman–Crippen LogP) is 19.5. The van der Waals surface area contributed by atoms with E-state index in [2.05, 4.69) is 45.2 Å². The number of hydrogen-bond donors (Lipinski definition) is 5. The van der Waals surface area contributed by atoms with Crippen LogP contribution in [0.2, 0.25) is 0 Å². The van der Waals surface area contributed by atoms with Crippen molar-refractivity contribution in [3.8, 4) is 51.7 Å².